The number of nitrogens with one attached hydrogen (secondary N) is 2. The van der Waals surface area contributed by atoms with Crippen LogP contribution in [0.5, 0.6) is 17.2 Å². The molecule has 0 atom stereocenters. The van der Waals surface area contributed by atoms with Gasteiger partial charge < -0.3 is 34.3 Å². The van der Waals surface area contributed by atoms with E-state index in [2.05, 4.69) is 10.6 Å². The minimum absolute atomic E-state index is 0.480. The van der Waals surface area contributed by atoms with Crippen molar-refractivity contribution in [1.29, 1.82) is 0 Å². The maximum atomic E-state index is 5.81. The molecule has 0 unspecified atom stereocenters. The van der Waals surface area contributed by atoms with Gasteiger partial charge >= 0.3 is 0 Å². The van der Waals surface area contributed by atoms with E-state index in [1.165, 1.54) is 0 Å². The van der Waals surface area contributed by atoms with Crippen LogP contribution in [0.3, 0.4) is 0 Å². The molecular weight excluding hydrogens is 410 g/mol. The first kappa shape index (κ1) is 23.7. The number of guanidine groups is 1. The number of methoxy groups -OCH3 is 2. The topological polar surface area (TPSA) is 82.6 Å². The fourth-order valence-electron chi connectivity index (χ4n) is 3.14. The summed E-state index contributed by atoms with van der Waals surface area (Å²) in [6.07, 6.45) is 1.72. The van der Waals surface area contributed by atoms with Gasteiger partial charge in [-0.15, -0.1) is 0 Å². The first-order valence-corrected chi connectivity index (χ1v) is 10.9. The Kier molecular flexibility index (Phi) is 9.95. The van der Waals surface area contributed by atoms with Crippen LogP contribution in [-0.4, -0.2) is 59.8 Å². The Morgan fingerprint density at radius 3 is 2.69 bits per heavy atom. The first-order chi connectivity index (χ1) is 15.8. The Morgan fingerprint density at radius 1 is 1.00 bits per heavy atom. The molecule has 0 fully saturated rings. The standard InChI is InChI=1S/C24H33N3O5/c1-28-15-16-30-12-5-11-25-24(26-18-19-7-3-4-8-21(19)29-2)27-20-9-10-22-23(17-20)32-14-6-13-31-22/h3-4,7-10,17H,5-6,11-16,18H2,1-2H3,(H2,25,26,27). The third kappa shape index (κ3) is 7.62. The van der Waals surface area contributed by atoms with E-state index < -0.39 is 0 Å². The van der Waals surface area contributed by atoms with Gasteiger partial charge in [-0.2, -0.15) is 0 Å². The van der Waals surface area contributed by atoms with Gasteiger partial charge in [-0.25, -0.2) is 4.99 Å². The molecule has 2 aromatic rings. The second-order valence-electron chi connectivity index (χ2n) is 7.20. The van der Waals surface area contributed by atoms with E-state index >= 15 is 0 Å². The predicted octanol–water partition coefficient (Wildman–Crippen LogP) is 3.47. The molecule has 8 nitrogen and oxygen atoms in total. The summed E-state index contributed by atoms with van der Waals surface area (Å²) in [6, 6.07) is 13.7. The van der Waals surface area contributed by atoms with Crippen molar-refractivity contribution in [2.24, 2.45) is 4.99 Å². The molecule has 32 heavy (non-hydrogen) atoms. The molecule has 1 aliphatic rings. The molecule has 1 heterocycles. The summed E-state index contributed by atoms with van der Waals surface area (Å²) in [6.45, 7) is 4.36. The number of nitrogens with zero attached hydrogens (tertiary/aromatic N) is 1. The zero-order chi connectivity index (χ0) is 22.4. The van der Waals surface area contributed by atoms with Gasteiger partial charge in [0.25, 0.3) is 0 Å². The van der Waals surface area contributed by atoms with Crippen LogP contribution in [0, 0.1) is 0 Å². The lowest BCUT2D eigenvalue weighted by Gasteiger charge is -2.15. The summed E-state index contributed by atoms with van der Waals surface area (Å²) >= 11 is 0. The molecule has 174 valence electrons. The Hall–Kier alpha value is -2.97. The smallest absolute Gasteiger partial charge is 0.196 e. The first-order valence-electron chi connectivity index (χ1n) is 10.9. The number of fused-ring (bicyclic) bond motifs is 1. The van der Waals surface area contributed by atoms with Crippen molar-refractivity contribution in [3.05, 3.63) is 48.0 Å². The van der Waals surface area contributed by atoms with Gasteiger partial charge in [0.1, 0.15) is 5.75 Å². The molecule has 1 aliphatic heterocycles. The van der Waals surface area contributed by atoms with Gasteiger partial charge in [0.15, 0.2) is 17.5 Å². The maximum Gasteiger partial charge on any atom is 0.196 e. The van der Waals surface area contributed by atoms with E-state index in [9.17, 15) is 0 Å². The van der Waals surface area contributed by atoms with Crippen molar-refractivity contribution in [2.75, 3.05) is 59.1 Å². The average molecular weight is 444 g/mol. The highest BCUT2D eigenvalue weighted by Crippen LogP contribution is 2.32. The zero-order valence-electron chi connectivity index (χ0n) is 18.9. The number of aliphatic imine (C=N–C) groups is 1. The van der Waals surface area contributed by atoms with Gasteiger partial charge in [0.2, 0.25) is 0 Å². The second-order valence-corrected chi connectivity index (χ2v) is 7.20. The molecule has 0 saturated heterocycles. The quantitative estimate of drug-likeness (QED) is 0.313. The van der Waals surface area contributed by atoms with Crippen molar-refractivity contribution >= 4 is 11.6 Å². The van der Waals surface area contributed by atoms with Crippen molar-refractivity contribution in [3.8, 4) is 17.2 Å². The summed E-state index contributed by atoms with van der Waals surface area (Å²) in [5.74, 6) is 2.99. The summed E-state index contributed by atoms with van der Waals surface area (Å²) in [7, 11) is 3.34. The summed E-state index contributed by atoms with van der Waals surface area (Å²) < 4.78 is 27.5. The molecule has 0 amide bonds. The van der Waals surface area contributed by atoms with Gasteiger partial charge in [-0.3, -0.25) is 0 Å². The average Bonchev–Trinajstić information content (AvgIpc) is 3.07. The highest BCUT2D eigenvalue weighted by molar-refractivity contribution is 5.94. The number of anilines is 1. The Bertz CT molecular complexity index is 859. The zero-order valence-corrected chi connectivity index (χ0v) is 18.9. The van der Waals surface area contributed by atoms with Crippen molar-refractivity contribution in [2.45, 2.75) is 19.4 Å². The van der Waals surface area contributed by atoms with Crippen LogP contribution < -0.4 is 24.8 Å². The molecule has 0 aliphatic carbocycles. The van der Waals surface area contributed by atoms with Gasteiger partial charge in [0, 0.05) is 44.0 Å². The predicted molar refractivity (Wildman–Crippen MR) is 125 cm³/mol. The monoisotopic (exact) mass is 443 g/mol. The van der Waals surface area contributed by atoms with E-state index in [0.717, 1.165) is 47.9 Å². The Labute approximate surface area is 189 Å². The number of rotatable bonds is 11. The van der Waals surface area contributed by atoms with E-state index in [-0.39, 0.29) is 0 Å². The van der Waals surface area contributed by atoms with Crippen LogP contribution in [0.25, 0.3) is 0 Å². The maximum absolute atomic E-state index is 5.81. The second kappa shape index (κ2) is 13.4. The highest BCUT2D eigenvalue weighted by atomic mass is 16.5. The third-order valence-electron chi connectivity index (χ3n) is 4.80. The van der Waals surface area contributed by atoms with Crippen LogP contribution in [0.4, 0.5) is 5.69 Å². The minimum atomic E-state index is 0.480. The number of para-hydroxylation sites is 1. The molecule has 0 bridgehead atoms. The van der Waals surface area contributed by atoms with Crippen LogP contribution in [-0.2, 0) is 16.0 Å². The van der Waals surface area contributed by atoms with Crippen LogP contribution in [0.15, 0.2) is 47.5 Å². The van der Waals surface area contributed by atoms with E-state index in [1.54, 1.807) is 14.2 Å². The molecule has 0 radical (unpaired) electrons. The molecule has 2 N–H and O–H groups in total. The highest BCUT2D eigenvalue weighted by Gasteiger charge is 2.11. The van der Waals surface area contributed by atoms with E-state index in [1.807, 2.05) is 42.5 Å². The van der Waals surface area contributed by atoms with Crippen LogP contribution >= 0.6 is 0 Å². The Morgan fingerprint density at radius 2 is 1.84 bits per heavy atom. The van der Waals surface area contributed by atoms with E-state index in [0.29, 0.717) is 45.5 Å². The lowest BCUT2D eigenvalue weighted by Crippen LogP contribution is -2.32. The summed E-state index contributed by atoms with van der Waals surface area (Å²) in [5.41, 5.74) is 1.88. The summed E-state index contributed by atoms with van der Waals surface area (Å²) in [4.78, 5) is 4.76. The molecule has 3 rings (SSSR count). The molecule has 8 heteroatoms. The summed E-state index contributed by atoms with van der Waals surface area (Å²) in [5, 5.41) is 6.74. The lowest BCUT2D eigenvalue weighted by atomic mass is 10.2. The fourth-order valence-corrected chi connectivity index (χ4v) is 3.14. The normalized spacial score (nSPS) is 13.4. The molecular formula is C24H33N3O5. The molecule has 0 saturated carbocycles. The van der Waals surface area contributed by atoms with E-state index in [4.69, 9.17) is 28.7 Å². The number of benzene rings is 2. The van der Waals surface area contributed by atoms with Gasteiger partial charge in [-0.1, -0.05) is 18.2 Å². The minimum Gasteiger partial charge on any atom is -0.496 e. The third-order valence-corrected chi connectivity index (χ3v) is 4.80. The fraction of sp³-hybridized carbons (Fsp3) is 0.458. The van der Waals surface area contributed by atoms with Crippen molar-refractivity contribution in [3.63, 3.8) is 0 Å². The molecule has 0 spiro atoms. The number of hydrogen-bond donors (Lipinski definition) is 2. The van der Waals surface area contributed by atoms with Crippen LogP contribution in [0.1, 0.15) is 18.4 Å². The van der Waals surface area contributed by atoms with Crippen molar-refractivity contribution < 1.29 is 23.7 Å². The van der Waals surface area contributed by atoms with Crippen LogP contribution in [0.2, 0.25) is 0 Å². The SMILES string of the molecule is COCCOCCCNC(=NCc1ccccc1OC)Nc1ccc2c(c1)OCCCO2. The Balaban J connectivity index is 1.65. The molecule has 0 aromatic heterocycles. The van der Waals surface area contributed by atoms with Gasteiger partial charge in [-0.05, 0) is 24.6 Å². The van der Waals surface area contributed by atoms with Crippen molar-refractivity contribution in [1.82, 2.24) is 5.32 Å². The van der Waals surface area contributed by atoms with Gasteiger partial charge in [0.05, 0.1) is 40.1 Å². The number of hydrogen-bond acceptors (Lipinski definition) is 6. The largest absolute Gasteiger partial charge is 0.496 e. The molecule has 2 aromatic carbocycles. The lowest BCUT2D eigenvalue weighted by molar-refractivity contribution is 0.0699. The number of ether oxygens (including phenoxy) is 5.